The smallest absolute Gasteiger partial charge is 0.339 e. The first-order chi connectivity index (χ1) is 13.5. The Labute approximate surface area is 170 Å². The molecule has 6 heteroatoms. The summed E-state index contributed by atoms with van der Waals surface area (Å²) in [6.07, 6.45) is 1.15. The number of para-hydroxylation sites is 1. The van der Waals surface area contributed by atoms with E-state index in [1.54, 1.807) is 13.0 Å². The fraction of sp³-hybridized carbons (Fsp3) is 0.273. The summed E-state index contributed by atoms with van der Waals surface area (Å²) in [7, 11) is 0. The fourth-order valence-electron chi connectivity index (χ4n) is 4.36. The lowest BCUT2D eigenvalue weighted by atomic mass is 9.88. The lowest BCUT2D eigenvalue weighted by Gasteiger charge is -2.38. The quantitative estimate of drug-likeness (QED) is 0.584. The minimum absolute atomic E-state index is 0.134. The highest BCUT2D eigenvalue weighted by Crippen LogP contribution is 2.34. The molecule has 3 aromatic rings. The first kappa shape index (κ1) is 17.5. The van der Waals surface area contributed by atoms with Gasteiger partial charge in [0.05, 0.1) is 11.1 Å². The van der Waals surface area contributed by atoms with Gasteiger partial charge in [-0.2, -0.15) is 0 Å². The molecule has 2 aliphatic rings. The molecule has 0 radical (unpaired) electrons. The van der Waals surface area contributed by atoms with Crippen molar-refractivity contribution in [3.8, 4) is 0 Å². The third-order valence-electron chi connectivity index (χ3n) is 5.78. The van der Waals surface area contributed by atoms with Gasteiger partial charge < -0.3 is 14.6 Å². The summed E-state index contributed by atoms with van der Waals surface area (Å²) in [5.41, 5.74) is 3.61. The van der Waals surface area contributed by atoms with Gasteiger partial charge in [-0.25, -0.2) is 4.79 Å². The number of nitrogens with zero attached hydrogens (tertiary/aromatic N) is 1. The minimum atomic E-state index is -1.17. The number of aromatic nitrogens is 1. The van der Waals surface area contributed by atoms with Gasteiger partial charge in [-0.05, 0) is 40.5 Å². The third kappa shape index (κ3) is 2.58. The summed E-state index contributed by atoms with van der Waals surface area (Å²) in [4.78, 5) is 31.1. The number of rotatable bonds is 1. The van der Waals surface area contributed by atoms with Crippen LogP contribution in [0, 0.1) is 0 Å². The summed E-state index contributed by atoms with van der Waals surface area (Å²) in [5.74, 6) is -0.559. The number of nitrogens with one attached hydrogen (secondary N) is 1. The number of benzene rings is 2. The van der Waals surface area contributed by atoms with Crippen LogP contribution >= 0.6 is 15.9 Å². The SMILES string of the molecule is CC1(C(=O)N2CCc3[nH]c4c(Br)cccc4c3C2)Cc2ccccc2C(=O)O1. The Morgan fingerprint density at radius 1 is 1.21 bits per heavy atom. The Kier molecular flexibility index (Phi) is 3.88. The minimum Gasteiger partial charge on any atom is -0.445 e. The molecular weight excluding hydrogens is 420 g/mol. The zero-order valence-electron chi connectivity index (χ0n) is 15.4. The largest absolute Gasteiger partial charge is 0.445 e. The number of esters is 1. The van der Waals surface area contributed by atoms with Crippen molar-refractivity contribution in [2.45, 2.75) is 31.9 Å². The number of fused-ring (bicyclic) bond motifs is 4. The van der Waals surface area contributed by atoms with E-state index in [4.69, 9.17) is 4.74 Å². The van der Waals surface area contributed by atoms with E-state index in [9.17, 15) is 9.59 Å². The Balaban J connectivity index is 1.47. The monoisotopic (exact) mass is 438 g/mol. The van der Waals surface area contributed by atoms with Crippen LogP contribution in [-0.2, 0) is 28.9 Å². The van der Waals surface area contributed by atoms with E-state index in [2.05, 4.69) is 27.0 Å². The molecule has 3 heterocycles. The number of hydrogen-bond acceptors (Lipinski definition) is 3. The molecule has 1 N–H and O–H groups in total. The van der Waals surface area contributed by atoms with Crippen LogP contribution in [0.2, 0.25) is 0 Å². The number of H-pyrrole nitrogens is 1. The van der Waals surface area contributed by atoms with Crippen molar-refractivity contribution in [3.63, 3.8) is 0 Å². The van der Waals surface area contributed by atoms with E-state index in [0.717, 1.165) is 32.9 Å². The Morgan fingerprint density at radius 2 is 2.04 bits per heavy atom. The van der Waals surface area contributed by atoms with E-state index >= 15 is 0 Å². The molecular formula is C22H19BrN2O3. The van der Waals surface area contributed by atoms with Crippen LogP contribution in [-0.4, -0.2) is 33.9 Å². The molecule has 0 saturated heterocycles. The summed E-state index contributed by atoms with van der Waals surface area (Å²) in [6.45, 7) is 2.84. The number of carbonyl (C=O) groups is 2. The molecule has 0 fully saturated rings. The molecule has 0 saturated carbocycles. The predicted octanol–water partition coefficient (Wildman–Crippen LogP) is 3.99. The molecule has 0 spiro atoms. The second-order valence-electron chi connectivity index (χ2n) is 7.68. The lowest BCUT2D eigenvalue weighted by Crippen LogP contribution is -2.54. The third-order valence-corrected chi connectivity index (χ3v) is 6.44. The number of aromatic amines is 1. The van der Waals surface area contributed by atoms with Gasteiger partial charge in [-0.3, -0.25) is 4.79 Å². The molecule has 2 aliphatic heterocycles. The number of amides is 1. The Morgan fingerprint density at radius 3 is 2.89 bits per heavy atom. The standard InChI is InChI=1S/C22H19BrN2O3/c1-22(11-13-5-2-3-6-14(13)20(26)28-22)21(27)25-10-9-18-16(12-25)15-7-4-8-17(23)19(15)24-18/h2-8,24H,9-12H2,1H3. The van der Waals surface area contributed by atoms with Crippen molar-refractivity contribution < 1.29 is 14.3 Å². The van der Waals surface area contributed by atoms with Crippen LogP contribution in [0.15, 0.2) is 46.9 Å². The van der Waals surface area contributed by atoms with Crippen molar-refractivity contribution in [2.24, 2.45) is 0 Å². The molecule has 28 heavy (non-hydrogen) atoms. The number of hydrogen-bond donors (Lipinski definition) is 1. The van der Waals surface area contributed by atoms with Gasteiger partial charge in [0.15, 0.2) is 5.60 Å². The first-order valence-corrected chi connectivity index (χ1v) is 10.1. The lowest BCUT2D eigenvalue weighted by molar-refractivity contribution is -0.152. The maximum absolute atomic E-state index is 13.4. The fourth-order valence-corrected chi connectivity index (χ4v) is 4.83. The highest BCUT2D eigenvalue weighted by molar-refractivity contribution is 9.10. The van der Waals surface area contributed by atoms with Crippen molar-refractivity contribution in [3.05, 3.63) is 69.3 Å². The second-order valence-corrected chi connectivity index (χ2v) is 8.53. The summed E-state index contributed by atoms with van der Waals surface area (Å²) < 4.78 is 6.66. The van der Waals surface area contributed by atoms with Crippen LogP contribution in [0.3, 0.4) is 0 Å². The van der Waals surface area contributed by atoms with E-state index < -0.39 is 11.6 Å². The zero-order chi connectivity index (χ0) is 19.5. The Hall–Kier alpha value is -2.60. The number of halogens is 1. The topological polar surface area (TPSA) is 62.4 Å². The molecule has 142 valence electrons. The van der Waals surface area contributed by atoms with E-state index in [0.29, 0.717) is 25.1 Å². The van der Waals surface area contributed by atoms with Crippen LogP contribution < -0.4 is 0 Å². The van der Waals surface area contributed by atoms with E-state index in [1.807, 2.05) is 35.2 Å². The molecule has 5 rings (SSSR count). The molecule has 1 unspecified atom stereocenters. The van der Waals surface area contributed by atoms with Gasteiger partial charge in [0.2, 0.25) is 0 Å². The van der Waals surface area contributed by atoms with Crippen molar-refractivity contribution >= 4 is 38.7 Å². The molecule has 1 aromatic heterocycles. The van der Waals surface area contributed by atoms with Crippen molar-refractivity contribution in [2.75, 3.05) is 6.54 Å². The molecule has 1 amide bonds. The summed E-state index contributed by atoms with van der Waals surface area (Å²) in [5, 5.41) is 1.12. The van der Waals surface area contributed by atoms with Gasteiger partial charge in [0, 0.05) is 47.0 Å². The average Bonchev–Trinajstić information content (AvgIpc) is 3.07. The highest BCUT2D eigenvalue weighted by atomic mass is 79.9. The van der Waals surface area contributed by atoms with Gasteiger partial charge in [-0.15, -0.1) is 0 Å². The molecule has 1 atom stereocenters. The van der Waals surface area contributed by atoms with Crippen molar-refractivity contribution in [1.29, 1.82) is 0 Å². The zero-order valence-corrected chi connectivity index (χ0v) is 17.0. The van der Waals surface area contributed by atoms with Gasteiger partial charge in [-0.1, -0.05) is 30.3 Å². The highest BCUT2D eigenvalue weighted by Gasteiger charge is 2.45. The average molecular weight is 439 g/mol. The molecule has 0 bridgehead atoms. The number of carbonyl (C=O) groups excluding carboxylic acids is 2. The predicted molar refractivity (Wildman–Crippen MR) is 109 cm³/mol. The summed E-state index contributed by atoms with van der Waals surface area (Å²) in [6, 6.07) is 13.4. The first-order valence-electron chi connectivity index (χ1n) is 9.35. The molecule has 0 aliphatic carbocycles. The summed E-state index contributed by atoms with van der Waals surface area (Å²) >= 11 is 3.59. The van der Waals surface area contributed by atoms with Crippen molar-refractivity contribution in [1.82, 2.24) is 9.88 Å². The van der Waals surface area contributed by atoms with Crippen LogP contribution in [0.5, 0.6) is 0 Å². The molecule has 5 nitrogen and oxygen atoms in total. The Bertz CT molecular complexity index is 1140. The van der Waals surface area contributed by atoms with E-state index in [-0.39, 0.29) is 5.91 Å². The van der Waals surface area contributed by atoms with E-state index in [1.165, 1.54) is 5.69 Å². The van der Waals surface area contributed by atoms with Crippen LogP contribution in [0.25, 0.3) is 10.9 Å². The maximum atomic E-state index is 13.4. The van der Waals surface area contributed by atoms with Gasteiger partial charge in [0.25, 0.3) is 5.91 Å². The van der Waals surface area contributed by atoms with Gasteiger partial charge >= 0.3 is 5.97 Å². The normalized spacial score (nSPS) is 21.2. The van der Waals surface area contributed by atoms with Crippen LogP contribution in [0.4, 0.5) is 0 Å². The number of ether oxygens (including phenoxy) is 1. The van der Waals surface area contributed by atoms with Crippen LogP contribution in [0.1, 0.15) is 34.1 Å². The van der Waals surface area contributed by atoms with Gasteiger partial charge in [0.1, 0.15) is 0 Å². The number of cyclic esters (lactones) is 1. The molecule has 2 aromatic carbocycles. The second kappa shape index (κ2) is 6.21. The maximum Gasteiger partial charge on any atom is 0.339 e.